The van der Waals surface area contributed by atoms with Crippen LogP contribution in [0.1, 0.15) is 49.3 Å². The lowest BCUT2D eigenvalue weighted by molar-refractivity contribution is -0.121. The Morgan fingerprint density at radius 2 is 2.18 bits per heavy atom. The third kappa shape index (κ3) is 5.13. The first-order valence-corrected chi connectivity index (χ1v) is 6.85. The van der Waals surface area contributed by atoms with Gasteiger partial charge in [-0.15, -0.1) is 11.3 Å². The molecule has 0 atom stereocenters. The molecule has 1 rings (SSSR count). The number of hydrogen-bond donors (Lipinski definition) is 1. The Labute approximate surface area is 107 Å². The van der Waals surface area contributed by atoms with Crippen molar-refractivity contribution in [2.45, 2.75) is 46.5 Å². The van der Waals surface area contributed by atoms with E-state index >= 15 is 0 Å². The number of thiophene rings is 1. The first kappa shape index (κ1) is 13.9. The molecule has 1 aromatic rings. The van der Waals surface area contributed by atoms with Crippen LogP contribution in [0, 0.1) is 6.92 Å². The first-order valence-electron chi connectivity index (χ1n) is 6.03. The zero-order chi connectivity index (χ0) is 12.7. The van der Waals surface area contributed by atoms with E-state index in [1.165, 1.54) is 4.88 Å². The predicted octanol–water partition coefficient (Wildman–Crippen LogP) is 3.48. The smallest absolute Gasteiger partial charge is 0.240 e. The molecule has 0 saturated heterocycles. The number of nitrogens with one attached hydrogen (secondary N) is 1. The molecule has 0 aliphatic rings. The summed E-state index contributed by atoms with van der Waals surface area (Å²) in [5.41, 5.74) is 3.47. The third-order valence-corrected chi connectivity index (χ3v) is 3.56. The number of carbonyl (C=O) groups excluding carboxylic acids is 1. The number of unbranched alkanes of at least 4 members (excludes halogenated alkanes) is 2. The Morgan fingerprint density at radius 1 is 1.41 bits per heavy atom. The fourth-order valence-corrected chi connectivity index (χ4v) is 2.23. The first-order chi connectivity index (χ1) is 8.13. The molecule has 1 heterocycles. The fourth-order valence-electron chi connectivity index (χ4n) is 1.42. The Balaban J connectivity index is 2.40. The largest absolute Gasteiger partial charge is 0.273 e. The molecule has 1 N–H and O–H groups in total. The van der Waals surface area contributed by atoms with Crippen LogP contribution in [-0.2, 0) is 4.79 Å². The quantitative estimate of drug-likeness (QED) is 0.470. The topological polar surface area (TPSA) is 41.5 Å². The highest BCUT2D eigenvalue weighted by Gasteiger charge is 2.02. The molecule has 3 nitrogen and oxygen atoms in total. The van der Waals surface area contributed by atoms with Crippen molar-refractivity contribution in [3.63, 3.8) is 0 Å². The van der Waals surface area contributed by atoms with Crippen molar-refractivity contribution < 1.29 is 4.79 Å². The van der Waals surface area contributed by atoms with Crippen molar-refractivity contribution in [3.8, 4) is 0 Å². The predicted molar refractivity (Wildman–Crippen MR) is 73.6 cm³/mol. The van der Waals surface area contributed by atoms with Crippen LogP contribution in [0.5, 0.6) is 0 Å². The SMILES string of the molecule is CCCCCC(=O)NN=C(C)c1ccc(C)s1. The Kier molecular flexibility index (Phi) is 5.91. The van der Waals surface area contributed by atoms with E-state index < -0.39 is 0 Å². The van der Waals surface area contributed by atoms with Crippen molar-refractivity contribution in [1.29, 1.82) is 0 Å². The van der Waals surface area contributed by atoms with Crippen LogP contribution in [0.2, 0.25) is 0 Å². The second kappa shape index (κ2) is 7.22. The molecule has 0 radical (unpaired) electrons. The van der Waals surface area contributed by atoms with Gasteiger partial charge in [0.05, 0.1) is 10.6 Å². The van der Waals surface area contributed by atoms with E-state index in [1.54, 1.807) is 11.3 Å². The van der Waals surface area contributed by atoms with Crippen LogP contribution in [0.3, 0.4) is 0 Å². The van der Waals surface area contributed by atoms with Crippen LogP contribution in [0.4, 0.5) is 0 Å². The van der Waals surface area contributed by atoms with Crippen LogP contribution in [0.15, 0.2) is 17.2 Å². The second-order valence-corrected chi connectivity index (χ2v) is 5.39. The number of nitrogens with zero attached hydrogens (tertiary/aromatic N) is 1. The van der Waals surface area contributed by atoms with E-state index in [4.69, 9.17) is 0 Å². The van der Waals surface area contributed by atoms with Gasteiger partial charge in [-0.25, -0.2) is 5.43 Å². The molecular formula is C13H20N2OS. The lowest BCUT2D eigenvalue weighted by Gasteiger charge is -2.00. The summed E-state index contributed by atoms with van der Waals surface area (Å²) in [4.78, 5) is 13.8. The van der Waals surface area contributed by atoms with Gasteiger partial charge in [0.25, 0.3) is 0 Å². The molecule has 0 aromatic carbocycles. The summed E-state index contributed by atoms with van der Waals surface area (Å²) >= 11 is 1.69. The highest BCUT2D eigenvalue weighted by atomic mass is 32.1. The highest BCUT2D eigenvalue weighted by Crippen LogP contribution is 2.15. The Morgan fingerprint density at radius 3 is 2.76 bits per heavy atom. The van der Waals surface area contributed by atoms with Gasteiger partial charge >= 0.3 is 0 Å². The average molecular weight is 252 g/mol. The summed E-state index contributed by atoms with van der Waals surface area (Å²) in [5.74, 6) is 0.00563. The van der Waals surface area contributed by atoms with Crippen LogP contribution < -0.4 is 5.43 Å². The molecule has 0 unspecified atom stereocenters. The Bertz CT molecular complexity index is 396. The summed E-state index contributed by atoms with van der Waals surface area (Å²) < 4.78 is 0. The highest BCUT2D eigenvalue weighted by molar-refractivity contribution is 7.14. The molecule has 0 fully saturated rings. The molecule has 0 spiro atoms. The minimum absolute atomic E-state index is 0.00563. The lowest BCUT2D eigenvalue weighted by Crippen LogP contribution is -2.18. The van der Waals surface area contributed by atoms with Gasteiger partial charge in [-0.2, -0.15) is 5.10 Å². The maximum absolute atomic E-state index is 11.4. The molecule has 0 saturated carbocycles. The maximum Gasteiger partial charge on any atom is 0.240 e. The molecule has 4 heteroatoms. The van der Waals surface area contributed by atoms with Crippen LogP contribution >= 0.6 is 11.3 Å². The van der Waals surface area contributed by atoms with Gasteiger partial charge in [0.15, 0.2) is 0 Å². The van der Waals surface area contributed by atoms with Crippen molar-refractivity contribution >= 4 is 23.0 Å². The van der Waals surface area contributed by atoms with Crippen molar-refractivity contribution in [3.05, 3.63) is 21.9 Å². The van der Waals surface area contributed by atoms with E-state index in [0.717, 1.165) is 29.9 Å². The van der Waals surface area contributed by atoms with Crippen molar-refractivity contribution in [2.75, 3.05) is 0 Å². The van der Waals surface area contributed by atoms with Gasteiger partial charge < -0.3 is 0 Å². The van der Waals surface area contributed by atoms with E-state index in [2.05, 4.69) is 30.4 Å². The van der Waals surface area contributed by atoms with Crippen molar-refractivity contribution in [2.24, 2.45) is 5.10 Å². The molecule has 1 amide bonds. The summed E-state index contributed by atoms with van der Waals surface area (Å²) in [5, 5.41) is 4.11. The normalized spacial score (nSPS) is 11.6. The van der Waals surface area contributed by atoms with Crippen molar-refractivity contribution in [1.82, 2.24) is 5.43 Å². The van der Waals surface area contributed by atoms with Gasteiger partial charge in [-0.1, -0.05) is 19.8 Å². The number of amides is 1. The number of hydrogen-bond acceptors (Lipinski definition) is 3. The van der Waals surface area contributed by atoms with Gasteiger partial charge in [0.2, 0.25) is 5.91 Å². The molecular weight excluding hydrogens is 232 g/mol. The summed E-state index contributed by atoms with van der Waals surface area (Å²) in [6.45, 7) is 6.10. The number of rotatable bonds is 6. The summed E-state index contributed by atoms with van der Waals surface area (Å²) in [7, 11) is 0. The maximum atomic E-state index is 11.4. The molecule has 1 aromatic heterocycles. The van der Waals surface area contributed by atoms with Crippen LogP contribution in [-0.4, -0.2) is 11.6 Å². The number of hydrazone groups is 1. The third-order valence-electron chi connectivity index (χ3n) is 2.45. The summed E-state index contributed by atoms with van der Waals surface area (Å²) in [6.07, 6.45) is 3.73. The zero-order valence-corrected chi connectivity index (χ0v) is 11.6. The molecule has 94 valence electrons. The van der Waals surface area contributed by atoms with E-state index in [1.807, 2.05) is 13.0 Å². The van der Waals surface area contributed by atoms with Gasteiger partial charge in [-0.3, -0.25) is 4.79 Å². The number of aryl methyl sites for hydroxylation is 1. The second-order valence-electron chi connectivity index (χ2n) is 4.10. The lowest BCUT2D eigenvalue weighted by atomic mass is 10.2. The standard InChI is InChI=1S/C13H20N2OS/c1-4-5-6-7-13(16)15-14-11(3)12-9-8-10(2)17-12/h8-9H,4-7H2,1-3H3,(H,15,16). The monoisotopic (exact) mass is 252 g/mol. The molecule has 0 aliphatic carbocycles. The Hall–Kier alpha value is -1.16. The van der Waals surface area contributed by atoms with E-state index in [-0.39, 0.29) is 5.91 Å². The van der Waals surface area contributed by atoms with Gasteiger partial charge in [0.1, 0.15) is 0 Å². The van der Waals surface area contributed by atoms with Crippen LogP contribution in [0.25, 0.3) is 0 Å². The average Bonchev–Trinajstić information content (AvgIpc) is 2.73. The number of carbonyl (C=O) groups is 1. The molecule has 0 bridgehead atoms. The molecule has 0 aliphatic heterocycles. The van der Waals surface area contributed by atoms with Gasteiger partial charge in [-0.05, 0) is 32.4 Å². The minimum atomic E-state index is 0.00563. The van der Waals surface area contributed by atoms with E-state index in [0.29, 0.717) is 6.42 Å². The summed E-state index contributed by atoms with van der Waals surface area (Å²) in [6, 6.07) is 4.09. The van der Waals surface area contributed by atoms with Gasteiger partial charge in [0, 0.05) is 11.3 Å². The molecule has 17 heavy (non-hydrogen) atoms. The van der Waals surface area contributed by atoms with E-state index in [9.17, 15) is 4.79 Å². The fraction of sp³-hybridized carbons (Fsp3) is 0.538. The zero-order valence-electron chi connectivity index (χ0n) is 10.7. The minimum Gasteiger partial charge on any atom is -0.273 e.